The van der Waals surface area contributed by atoms with Gasteiger partial charge in [-0.1, -0.05) is 41.5 Å². The molecule has 0 aromatic heterocycles. The Bertz CT molecular complexity index is 403. The molecule has 4 aliphatic rings. The van der Waals surface area contributed by atoms with Crippen molar-refractivity contribution in [1.82, 2.24) is 0 Å². The van der Waals surface area contributed by atoms with Crippen LogP contribution >= 0.6 is 0 Å². The molecule has 0 nitrogen and oxygen atoms in total. The summed E-state index contributed by atoms with van der Waals surface area (Å²) in [7, 11) is 0. The van der Waals surface area contributed by atoms with Crippen LogP contribution in [0.5, 0.6) is 0 Å². The summed E-state index contributed by atoms with van der Waals surface area (Å²) in [5.41, 5.74) is 2.28. The van der Waals surface area contributed by atoms with Gasteiger partial charge in [-0.15, -0.1) is 0 Å². The lowest BCUT2D eigenvalue weighted by Crippen LogP contribution is -2.41. The SMILES string of the molecule is CC12CCC(C[C]1C1CC3CCC1(C)C3(C)C)C2(C)C. The molecule has 0 saturated heterocycles. The molecule has 4 bridgehead atoms. The third-order valence-corrected chi connectivity index (χ3v) is 9.83. The van der Waals surface area contributed by atoms with Crippen molar-refractivity contribution >= 4 is 0 Å². The zero-order valence-electron chi connectivity index (χ0n) is 14.5. The molecule has 0 heteroatoms. The van der Waals surface area contributed by atoms with E-state index in [0.717, 1.165) is 17.8 Å². The molecule has 5 unspecified atom stereocenters. The summed E-state index contributed by atoms with van der Waals surface area (Å²) in [6.07, 6.45) is 8.92. The minimum Gasteiger partial charge on any atom is -0.0591 e. The van der Waals surface area contributed by atoms with Gasteiger partial charge in [0.05, 0.1) is 0 Å². The minimum absolute atomic E-state index is 0.548. The van der Waals surface area contributed by atoms with Crippen LogP contribution < -0.4 is 0 Å². The third-order valence-electron chi connectivity index (χ3n) is 9.83. The number of rotatable bonds is 1. The predicted octanol–water partition coefficient (Wildman–Crippen LogP) is 5.87. The molecule has 0 N–H and O–H groups in total. The van der Waals surface area contributed by atoms with Crippen LogP contribution in [-0.4, -0.2) is 0 Å². The number of hydrogen-bond acceptors (Lipinski definition) is 0. The summed E-state index contributed by atoms with van der Waals surface area (Å²) < 4.78 is 0. The lowest BCUT2D eigenvalue weighted by molar-refractivity contribution is 0.0726. The van der Waals surface area contributed by atoms with Crippen LogP contribution in [0.3, 0.4) is 0 Å². The van der Waals surface area contributed by atoms with E-state index in [9.17, 15) is 0 Å². The van der Waals surface area contributed by atoms with Crippen molar-refractivity contribution in [1.29, 1.82) is 0 Å². The first-order valence-corrected chi connectivity index (χ1v) is 9.01. The van der Waals surface area contributed by atoms with Crippen LogP contribution in [0, 0.1) is 45.3 Å². The average molecular weight is 273 g/mol. The molecule has 0 heterocycles. The molecule has 0 aromatic rings. The second-order valence-electron chi connectivity index (χ2n) is 10.2. The van der Waals surface area contributed by atoms with E-state index in [-0.39, 0.29) is 0 Å². The van der Waals surface area contributed by atoms with Gasteiger partial charge in [0.15, 0.2) is 0 Å². The molecule has 0 amide bonds. The highest BCUT2D eigenvalue weighted by Gasteiger charge is 2.70. The maximum Gasteiger partial charge on any atom is -0.0137 e. The molecular weight excluding hydrogens is 240 g/mol. The summed E-state index contributed by atoms with van der Waals surface area (Å²) >= 11 is 0. The van der Waals surface area contributed by atoms with Gasteiger partial charge in [0, 0.05) is 0 Å². The largest absolute Gasteiger partial charge is 0.0591 e. The molecule has 4 fully saturated rings. The second-order valence-corrected chi connectivity index (χ2v) is 10.2. The van der Waals surface area contributed by atoms with Crippen molar-refractivity contribution in [2.45, 2.75) is 80.1 Å². The van der Waals surface area contributed by atoms with E-state index >= 15 is 0 Å². The first-order valence-electron chi connectivity index (χ1n) is 9.01. The smallest absolute Gasteiger partial charge is 0.0137 e. The Labute approximate surface area is 126 Å². The van der Waals surface area contributed by atoms with Gasteiger partial charge in [0.2, 0.25) is 0 Å². The Hall–Kier alpha value is 0. The van der Waals surface area contributed by atoms with Crippen molar-refractivity contribution in [3.8, 4) is 0 Å². The van der Waals surface area contributed by atoms with Gasteiger partial charge in [-0.2, -0.15) is 0 Å². The Kier molecular flexibility index (Phi) is 2.38. The van der Waals surface area contributed by atoms with E-state index in [1.807, 2.05) is 5.92 Å². The van der Waals surface area contributed by atoms with Gasteiger partial charge in [0.1, 0.15) is 0 Å². The molecule has 20 heavy (non-hydrogen) atoms. The van der Waals surface area contributed by atoms with Gasteiger partial charge in [-0.25, -0.2) is 0 Å². The van der Waals surface area contributed by atoms with Crippen LogP contribution in [0.15, 0.2) is 0 Å². The molecule has 0 aromatic carbocycles. The van der Waals surface area contributed by atoms with Crippen molar-refractivity contribution in [3.05, 3.63) is 5.92 Å². The molecular formula is C20H33. The molecule has 4 aliphatic carbocycles. The molecule has 113 valence electrons. The molecule has 0 aliphatic heterocycles. The van der Waals surface area contributed by atoms with Gasteiger partial charge >= 0.3 is 0 Å². The molecule has 4 rings (SSSR count). The summed E-state index contributed by atoms with van der Waals surface area (Å²) in [6, 6.07) is 0. The molecule has 5 atom stereocenters. The van der Waals surface area contributed by atoms with E-state index < -0.39 is 0 Å². The predicted molar refractivity (Wildman–Crippen MR) is 85.2 cm³/mol. The first-order chi connectivity index (χ1) is 9.14. The monoisotopic (exact) mass is 273 g/mol. The van der Waals surface area contributed by atoms with E-state index in [0.29, 0.717) is 21.7 Å². The fourth-order valence-corrected chi connectivity index (χ4v) is 7.28. The van der Waals surface area contributed by atoms with Crippen LogP contribution in [-0.2, 0) is 0 Å². The first kappa shape index (κ1) is 13.6. The normalized spacial score (nSPS) is 55.8. The summed E-state index contributed by atoms with van der Waals surface area (Å²) in [5, 5.41) is 0. The topological polar surface area (TPSA) is 0 Å². The summed E-state index contributed by atoms with van der Waals surface area (Å²) in [6.45, 7) is 15.5. The van der Waals surface area contributed by atoms with E-state index in [1.54, 1.807) is 0 Å². The highest BCUT2D eigenvalue weighted by Crippen LogP contribution is 2.78. The van der Waals surface area contributed by atoms with Gasteiger partial charge < -0.3 is 0 Å². The van der Waals surface area contributed by atoms with Crippen molar-refractivity contribution in [2.24, 2.45) is 39.4 Å². The lowest BCUT2D eigenvalue weighted by atomic mass is 9.56. The quantitative estimate of drug-likeness (QED) is 0.560. The molecule has 4 saturated carbocycles. The fraction of sp³-hybridized carbons (Fsp3) is 0.950. The highest BCUT2D eigenvalue weighted by molar-refractivity contribution is 5.30. The van der Waals surface area contributed by atoms with Gasteiger partial charge in [-0.05, 0) is 83.9 Å². The second kappa shape index (κ2) is 3.49. The fourth-order valence-electron chi connectivity index (χ4n) is 7.28. The maximum absolute atomic E-state index is 2.64. The lowest BCUT2D eigenvalue weighted by Gasteiger charge is -2.48. The zero-order chi connectivity index (χ0) is 14.6. The van der Waals surface area contributed by atoms with E-state index in [1.165, 1.54) is 38.5 Å². The Morgan fingerprint density at radius 1 is 0.800 bits per heavy atom. The van der Waals surface area contributed by atoms with Crippen LogP contribution in [0.4, 0.5) is 0 Å². The number of fused-ring (bicyclic) bond motifs is 4. The van der Waals surface area contributed by atoms with Gasteiger partial charge in [0.25, 0.3) is 0 Å². The van der Waals surface area contributed by atoms with Gasteiger partial charge in [-0.3, -0.25) is 0 Å². The van der Waals surface area contributed by atoms with Crippen LogP contribution in [0.1, 0.15) is 80.1 Å². The van der Waals surface area contributed by atoms with E-state index in [2.05, 4.69) is 41.5 Å². The van der Waals surface area contributed by atoms with Crippen molar-refractivity contribution in [2.75, 3.05) is 0 Å². The van der Waals surface area contributed by atoms with Crippen LogP contribution in [0.2, 0.25) is 0 Å². The standard InChI is InChI=1S/C20H33/c1-17(2)13-7-9-19(17,5)15(11-13)16-12-14-8-10-20(16,6)18(14,3)4/h13-15H,7-12H2,1-6H3. The highest BCUT2D eigenvalue weighted by atomic mass is 14.7. The Morgan fingerprint density at radius 3 is 1.85 bits per heavy atom. The maximum atomic E-state index is 2.64. The summed E-state index contributed by atoms with van der Waals surface area (Å²) in [5.74, 6) is 4.92. The number of hydrogen-bond donors (Lipinski definition) is 0. The average Bonchev–Trinajstić information content (AvgIpc) is 2.87. The molecule has 1 radical (unpaired) electrons. The minimum atomic E-state index is 0.548. The van der Waals surface area contributed by atoms with Crippen molar-refractivity contribution in [3.63, 3.8) is 0 Å². The third kappa shape index (κ3) is 1.19. The van der Waals surface area contributed by atoms with E-state index in [4.69, 9.17) is 0 Å². The summed E-state index contributed by atoms with van der Waals surface area (Å²) in [4.78, 5) is 0. The zero-order valence-corrected chi connectivity index (χ0v) is 14.5. The van der Waals surface area contributed by atoms with Crippen LogP contribution in [0.25, 0.3) is 0 Å². The Balaban J connectivity index is 1.72. The Morgan fingerprint density at radius 2 is 1.45 bits per heavy atom. The molecule has 0 spiro atoms. The van der Waals surface area contributed by atoms with Crippen molar-refractivity contribution < 1.29 is 0 Å².